The summed E-state index contributed by atoms with van der Waals surface area (Å²) >= 11 is 9.29. The number of hydrogen-bond acceptors (Lipinski definition) is 2. The average molecular weight is 407 g/mol. The lowest BCUT2D eigenvalue weighted by molar-refractivity contribution is 0.599. The predicted octanol–water partition coefficient (Wildman–Crippen LogP) is 3.44. The first-order valence-corrected chi connectivity index (χ1v) is 8.00. The highest BCUT2D eigenvalue weighted by Gasteiger charge is 2.20. The molecule has 0 spiro atoms. The Morgan fingerprint density at radius 3 is 2.29 bits per heavy atom. The van der Waals surface area contributed by atoms with E-state index in [1.165, 1.54) is 0 Å². The third kappa shape index (κ3) is 3.32. The molecule has 1 aromatic carbocycles. The topological polar surface area (TPSA) is 34.1 Å². The van der Waals surface area contributed by atoms with Crippen LogP contribution in [0.4, 0.5) is 0 Å². The van der Waals surface area contributed by atoms with Crippen LogP contribution in [0.15, 0.2) is 28.7 Å². The standard InChI is InChI=1S/C8H7Br3O2S/c9-7-4-2-1-3-6(7)5-14(12,13)8(10)11/h1-4,8H,5H2. The van der Waals surface area contributed by atoms with Gasteiger partial charge in [0.1, 0.15) is 0 Å². The zero-order chi connectivity index (χ0) is 10.8. The normalized spacial score (nSPS) is 12.0. The summed E-state index contributed by atoms with van der Waals surface area (Å²) < 4.78 is 23.2. The molecule has 0 aromatic heterocycles. The highest BCUT2D eigenvalue weighted by molar-refractivity contribution is 9.27. The smallest absolute Gasteiger partial charge is 0.177 e. The number of hydrogen-bond donors (Lipinski definition) is 0. The van der Waals surface area contributed by atoms with Crippen LogP contribution in [0.1, 0.15) is 5.56 Å². The van der Waals surface area contributed by atoms with E-state index in [2.05, 4.69) is 47.8 Å². The summed E-state index contributed by atoms with van der Waals surface area (Å²) in [6.45, 7) is 0. The number of rotatable bonds is 3. The highest BCUT2D eigenvalue weighted by Crippen LogP contribution is 2.24. The number of sulfone groups is 1. The molecule has 0 saturated heterocycles. The SMILES string of the molecule is O=S(=O)(Cc1ccccc1Br)C(Br)Br. The molecule has 0 heterocycles. The zero-order valence-electron chi connectivity index (χ0n) is 6.95. The van der Waals surface area contributed by atoms with Crippen LogP contribution in [0.2, 0.25) is 0 Å². The first-order valence-electron chi connectivity index (χ1n) is 3.66. The lowest BCUT2D eigenvalue weighted by atomic mass is 10.2. The van der Waals surface area contributed by atoms with Crippen LogP contribution in [0, 0.1) is 0 Å². The molecule has 0 N–H and O–H groups in total. The molecule has 0 amide bonds. The molecular weight excluding hydrogens is 400 g/mol. The molecule has 0 aliphatic carbocycles. The van der Waals surface area contributed by atoms with Gasteiger partial charge in [0, 0.05) is 4.47 Å². The minimum absolute atomic E-state index is 0.00951. The molecule has 78 valence electrons. The summed E-state index contributed by atoms with van der Waals surface area (Å²) in [5, 5.41) is 0. The molecule has 0 fully saturated rings. The van der Waals surface area contributed by atoms with E-state index in [1.807, 2.05) is 18.2 Å². The Labute approximate surface area is 108 Å². The van der Waals surface area contributed by atoms with E-state index in [0.717, 1.165) is 10.0 Å². The fourth-order valence-electron chi connectivity index (χ4n) is 0.895. The second-order valence-electron chi connectivity index (χ2n) is 2.66. The van der Waals surface area contributed by atoms with E-state index < -0.39 is 12.9 Å². The van der Waals surface area contributed by atoms with Gasteiger partial charge in [-0.2, -0.15) is 0 Å². The maximum Gasteiger partial charge on any atom is 0.177 e. The largest absolute Gasteiger partial charge is 0.226 e. The third-order valence-electron chi connectivity index (χ3n) is 1.59. The van der Waals surface area contributed by atoms with Crippen molar-refractivity contribution in [2.45, 2.75) is 8.82 Å². The Bertz CT molecular complexity index is 414. The van der Waals surface area contributed by atoms with Crippen LogP contribution >= 0.6 is 47.8 Å². The summed E-state index contributed by atoms with van der Waals surface area (Å²) in [6, 6.07) is 7.26. The Kier molecular flexibility index (Phi) is 4.61. The molecular formula is C8H7Br3O2S. The molecule has 0 aliphatic rings. The molecule has 14 heavy (non-hydrogen) atoms. The molecule has 1 rings (SSSR count). The van der Waals surface area contributed by atoms with E-state index >= 15 is 0 Å². The van der Waals surface area contributed by atoms with Gasteiger partial charge in [-0.1, -0.05) is 66.0 Å². The monoisotopic (exact) mass is 404 g/mol. The maximum absolute atomic E-state index is 11.5. The number of alkyl halides is 2. The van der Waals surface area contributed by atoms with E-state index in [9.17, 15) is 8.42 Å². The first-order chi connectivity index (χ1) is 6.43. The minimum Gasteiger partial charge on any atom is -0.226 e. The van der Waals surface area contributed by atoms with E-state index in [0.29, 0.717) is 0 Å². The molecule has 0 aliphatic heterocycles. The fourth-order valence-corrected chi connectivity index (χ4v) is 3.11. The van der Waals surface area contributed by atoms with Crippen LogP contribution in [0.5, 0.6) is 0 Å². The average Bonchev–Trinajstić information content (AvgIpc) is 2.08. The van der Waals surface area contributed by atoms with Crippen molar-refractivity contribution in [3.63, 3.8) is 0 Å². The van der Waals surface area contributed by atoms with E-state index in [-0.39, 0.29) is 5.75 Å². The van der Waals surface area contributed by atoms with Crippen molar-refractivity contribution in [2.75, 3.05) is 0 Å². The fraction of sp³-hybridized carbons (Fsp3) is 0.250. The first kappa shape index (κ1) is 12.7. The predicted molar refractivity (Wildman–Crippen MR) is 68.4 cm³/mol. The van der Waals surface area contributed by atoms with Crippen LogP contribution < -0.4 is 0 Å². The van der Waals surface area contributed by atoms with Gasteiger partial charge < -0.3 is 0 Å². The van der Waals surface area contributed by atoms with Gasteiger partial charge in [-0.25, -0.2) is 8.42 Å². The van der Waals surface area contributed by atoms with Gasteiger partial charge in [-0.05, 0) is 11.6 Å². The summed E-state index contributed by atoms with van der Waals surface area (Å²) in [7, 11) is -3.17. The van der Waals surface area contributed by atoms with Crippen molar-refractivity contribution >= 4 is 57.6 Å². The maximum atomic E-state index is 11.5. The molecule has 2 nitrogen and oxygen atoms in total. The van der Waals surface area contributed by atoms with Gasteiger partial charge >= 0.3 is 0 Å². The minimum atomic E-state index is -3.17. The van der Waals surface area contributed by atoms with Crippen molar-refractivity contribution in [1.82, 2.24) is 0 Å². The lowest BCUT2D eigenvalue weighted by Crippen LogP contribution is -2.11. The van der Waals surface area contributed by atoms with Crippen molar-refractivity contribution in [2.24, 2.45) is 0 Å². The second kappa shape index (κ2) is 5.09. The van der Waals surface area contributed by atoms with Crippen molar-refractivity contribution < 1.29 is 8.42 Å². The van der Waals surface area contributed by atoms with Gasteiger partial charge in [0.25, 0.3) is 0 Å². The summed E-state index contributed by atoms with van der Waals surface area (Å²) in [4.78, 5) is 0. The highest BCUT2D eigenvalue weighted by atomic mass is 79.9. The van der Waals surface area contributed by atoms with Crippen molar-refractivity contribution in [3.8, 4) is 0 Å². The molecule has 0 unspecified atom stereocenters. The van der Waals surface area contributed by atoms with Gasteiger partial charge in [0.15, 0.2) is 12.9 Å². The summed E-state index contributed by atoms with van der Waals surface area (Å²) in [5.74, 6) is 0.00951. The van der Waals surface area contributed by atoms with Crippen LogP contribution in [0.3, 0.4) is 0 Å². The van der Waals surface area contributed by atoms with Crippen molar-refractivity contribution in [1.29, 1.82) is 0 Å². The molecule has 0 atom stereocenters. The summed E-state index contributed by atoms with van der Waals surface area (Å²) in [6.07, 6.45) is 0. The van der Waals surface area contributed by atoms with Gasteiger partial charge in [-0.15, -0.1) is 0 Å². The third-order valence-corrected chi connectivity index (χ3v) is 7.03. The summed E-state index contributed by atoms with van der Waals surface area (Å²) in [5.41, 5.74) is 0.761. The van der Waals surface area contributed by atoms with Gasteiger partial charge in [-0.3, -0.25) is 0 Å². The van der Waals surface area contributed by atoms with Gasteiger partial charge in [0.05, 0.1) is 5.75 Å². The molecule has 0 bridgehead atoms. The zero-order valence-corrected chi connectivity index (χ0v) is 12.5. The van der Waals surface area contributed by atoms with Gasteiger partial charge in [0.2, 0.25) is 0 Å². The second-order valence-corrected chi connectivity index (χ2v) is 9.87. The van der Waals surface area contributed by atoms with E-state index in [1.54, 1.807) is 6.07 Å². The van der Waals surface area contributed by atoms with Crippen LogP contribution in [-0.2, 0) is 15.6 Å². The molecule has 1 aromatic rings. The number of benzene rings is 1. The number of halogens is 3. The molecule has 0 radical (unpaired) electrons. The van der Waals surface area contributed by atoms with Crippen LogP contribution in [0.25, 0.3) is 0 Å². The van der Waals surface area contributed by atoms with Crippen LogP contribution in [-0.4, -0.2) is 11.5 Å². The molecule has 6 heteroatoms. The molecule has 0 saturated carbocycles. The quantitative estimate of drug-likeness (QED) is 0.720. The Morgan fingerprint density at radius 2 is 1.79 bits per heavy atom. The van der Waals surface area contributed by atoms with Crippen molar-refractivity contribution in [3.05, 3.63) is 34.3 Å². The lowest BCUT2D eigenvalue weighted by Gasteiger charge is -2.06. The Hall–Kier alpha value is 0.610. The Morgan fingerprint density at radius 1 is 1.21 bits per heavy atom. The Balaban J connectivity index is 2.96. The van der Waals surface area contributed by atoms with E-state index in [4.69, 9.17) is 0 Å².